The van der Waals surface area contributed by atoms with E-state index in [1.807, 2.05) is 24.3 Å². The van der Waals surface area contributed by atoms with Crippen molar-refractivity contribution in [2.75, 3.05) is 25.6 Å². The highest BCUT2D eigenvalue weighted by Gasteiger charge is 2.41. The fourth-order valence-electron chi connectivity index (χ4n) is 1.93. The number of nitrogens with two attached hydrogens (primary N) is 1. The van der Waals surface area contributed by atoms with Crippen molar-refractivity contribution in [2.24, 2.45) is 5.73 Å². The second-order valence-electron chi connectivity index (χ2n) is 4.07. The lowest BCUT2D eigenvalue weighted by atomic mass is 9.97. The second kappa shape index (κ2) is 4.63. The summed E-state index contributed by atoms with van der Waals surface area (Å²) in [5.41, 5.74) is 5.37. The summed E-state index contributed by atoms with van der Waals surface area (Å²) in [7, 11) is 1.59. The van der Waals surface area contributed by atoms with Gasteiger partial charge in [0.1, 0.15) is 11.3 Å². The summed E-state index contributed by atoms with van der Waals surface area (Å²) in [6.45, 7) is 0.825. The molecule has 0 bridgehead atoms. The van der Waals surface area contributed by atoms with Gasteiger partial charge < -0.3 is 20.5 Å². The maximum atomic E-state index is 11.6. The average molecular weight is 236 g/mol. The molecule has 1 aromatic carbocycles. The van der Waals surface area contributed by atoms with Crippen LogP contribution in [-0.4, -0.2) is 31.8 Å². The normalized spacial score (nSPS) is 23.4. The molecule has 92 valence electrons. The third-order valence-corrected chi connectivity index (χ3v) is 2.97. The molecule has 1 amide bonds. The zero-order valence-electron chi connectivity index (χ0n) is 9.73. The number of rotatable bonds is 4. The van der Waals surface area contributed by atoms with Crippen molar-refractivity contribution in [3.05, 3.63) is 24.3 Å². The van der Waals surface area contributed by atoms with E-state index in [4.69, 9.17) is 15.2 Å². The molecule has 1 fully saturated rings. The van der Waals surface area contributed by atoms with Crippen molar-refractivity contribution in [2.45, 2.75) is 12.0 Å². The van der Waals surface area contributed by atoms with E-state index in [1.165, 1.54) is 0 Å². The van der Waals surface area contributed by atoms with E-state index in [0.717, 1.165) is 5.69 Å². The Kier molecular flexibility index (Phi) is 3.19. The van der Waals surface area contributed by atoms with E-state index in [1.54, 1.807) is 7.11 Å². The standard InChI is InChI=1S/C12H16N2O3/c1-16-10-5-3-2-4-9(10)14-12(11(13)15)6-7-17-8-12/h2-5,14H,6-8H2,1H3,(H2,13,15). The molecular weight excluding hydrogens is 220 g/mol. The van der Waals surface area contributed by atoms with Crippen LogP contribution in [-0.2, 0) is 9.53 Å². The molecule has 1 heterocycles. The van der Waals surface area contributed by atoms with Gasteiger partial charge >= 0.3 is 0 Å². The molecule has 0 aliphatic carbocycles. The zero-order chi connectivity index (χ0) is 12.3. The third kappa shape index (κ3) is 2.19. The van der Waals surface area contributed by atoms with Gasteiger partial charge in [0.15, 0.2) is 0 Å². The maximum Gasteiger partial charge on any atom is 0.245 e. The number of ether oxygens (including phenoxy) is 2. The first kappa shape index (κ1) is 11.7. The number of methoxy groups -OCH3 is 1. The Labute approximate surface area is 99.9 Å². The molecule has 1 aliphatic rings. The first-order valence-electron chi connectivity index (χ1n) is 5.47. The number of para-hydroxylation sites is 2. The lowest BCUT2D eigenvalue weighted by Crippen LogP contribution is -2.51. The minimum Gasteiger partial charge on any atom is -0.495 e. The topological polar surface area (TPSA) is 73.6 Å². The third-order valence-electron chi connectivity index (χ3n) is 2.97. The van der Waals surface area contributed by atoms with Gasteiger partial charge in [-0.2, -0.15) is 0 Å². The van der Waals surface area contributed by atoms with Crippen molar-refractivity contribution in [1.82, 2.24) is 0 Å². The predicted octanol–water partition coefficient (Wildman–Crippen LogP) is 0.752. The number of carbonyl (C=O) groups is 1. The number of benzene rings is 1. The van der Waals surface area contributed by atoms with Crippen molar-refractivity contribution in [3.63, 3.8) is 0 Å². The summed E-state index contributed by atoms with van der Waals surface area (Å²) in [5, 5.41) is 3.15. The van der Waals surface area contributed by atoms with Crippen LogP contribution in [0.5, 0.6) is 5.75 Å². The monoisotopic (exact) mass is 236 g/mol. The molecule has 0 saturated carbocycles. The fourth-order valence-corrected chi connectivity index (χ4v) is 1.93. The van der Waals surface area contributed by atoms with Crippen LogP contribution < -0.4 is 15.8 Å². The largest absolute Gasteiger partial charge is 0.495 e. The number of hydrogen-bond donors (Lipinski definition) is 2. The van der Waals surface area contributed by atoms with Crippen LogP contribution >= 0.6 is 0 Å². The number of anilines is 1. The fraction of sp³-hybridized carbons (Fsp3) is 0.417. The van der Waals surface area contributed by atoms with Crippen LogP contribution in [0, 0.1) is 0 Å². The van der Waals surface area contributed by atoms with Crippen LogP contribution in [0.25, 0.3) is 0 Å². The molecule has 1 saturated heterocycles. The number of nitrogens with one attached hydrogen (secondary N) is 1. The van der Waals surface area contributed by atoms with Gasteiger partial charge in [0.05, 0.1) is 19.4 Å². The zero-order valence-corrected chi connectivity index (χ0v) is 9.73. The summed E-state index contributed by atoms with van der Waals surface area (Å²) >= 11 is 0. The molecule has 1 unspecified atom stereocenters. The van der Waals surface area contributed by atoms with Gasteiger partial charge in [0, 0.05) is 13.0 Å². The molecule has 5 nitrogen and oxygen atoms in total. The summed E-state index contributed by atoms with van der Waals surface area (Å²) in [6.07, 6.45) is 0.570. The van der Waals surface area contributed by atoms with Gasteiger partial charge in [-0.05, 0) is 12.1 Å². The molecule has 2 rings (SSSR count). The number of hydrogen-bond acceptors (Lipinski definition) is 4. The first-order valence-corrected chi connectivity index (χ1v) is 5.47. The van der Waals surface area contributed by atoms with Crippen molar-refractivity contribution in [3.8, 4) is 5.75 Å². The highest BCUT2D eigenvalue weighted by molar-refractivity contribution is 5.89. The summed E-state index contributed by atoms with van der Waals surface area (Å²) in [5.74, 6) is 0.279. The highest BCUT2D eigenvalue weighted by atomic mass is 16.5. The van der Waals surface area contributed by atoms with Crippen molar-refractivity contribution in [1.29, 1.82) is 0 Å². The molecule has 0 radical (unpaired) electrons. The molecule has 17 heavy (non-hydrogen) atoms. The van der Waals surface area contributed by atoms with Gasteiger partial charge in [-0.25, -0.2) is 0 Å². The Morgan fingerprint density at radius 1 is 1.53 bits per heavy atom. The predicted molar refractivity (Wildman–Crippen MR) is 64.0 cm³/mol. The smallest absolute Gasteiger partial charge is 0.245 e. The van der Waals surface area contributed by atoms with Crippen molar-refractivity contribution >= 4 is 11.6 Å². The van der Waals surface area contributed by atoms with E-state index >= 15 is 0 Å². The van der Waals surface area contributed by atoms with E-state index in [9.17, 15) is 4.79 Å². The molecule has 0 aromatic heterocycles. The van der Waals surface area contributed by atoms with Gasteiger partial charge in [0.25, 0.3) is 0 Å². The second-order valence-corrected chi connectivity index (χ2v) is 4.07. The first-order chi connectivity index (χ1) is 8.18. The van der Waals surface area contributed by atoms with E-state index in [-0.39, 0.29) is 0 Å². The maximum absolute atomic E-state index is 11.6. The summed E-state index contributed by atoms with van der Waals surface area (Å²) in [4.78, 5) is 11.6. The number of primary amides is 1. The molecule has 5 heteroatoms. The molecule has 1 atom stereocenters. The quantitative estimate of drug-likeness (QED) is 0.809. The average Bonchev–Trinajstić information content (AvgIpc) is 2.80. The van der Waals surface area contributed by atoms with Crippen LogP contribution in [0.4, 0.5) is 5.69 Å². The Hall–Kier alpha value is -1.75. The molecule has 0 spiro atoms. The lowest BCUT2D eigenvalue weighted by molar-refractivity contribution is -0.122. The number of amides is 1. The Balaban J connectivity index is 2.26. The van der Waals surface area contributed by atoms with Crippen LogP contribution in [0.15, 0.2) is 24.3 Å². The Morgan fingerprint density at radius 2 is 2.29 bits per heavy atom. The van der Waals surface area contributed by atoms with Crippen LogP contribution in [0.1, 0.15) is 6.42 Å². The Morgan fingerprint density at radius 3 is 2.88 bits per heavy atom. The molecule has 1 aromatic rings. The van der Waals surface area contributed by atoms with E-state index < -0.39 is 11.4 Å². The minimum absolute atomic E-state index is 0.292. The summed E-state index contributed by atoms with van der Waals surface area (Å²) < 4.78 is 10.5. The van der Waals surface area contributed by atoms with Gasteiger partial charge in [-0.1, -0.05) is 12.1 Å². The van der Waals surface area contributed by atoms with Crippen LogP contribution in [0.3, 0.4) is 0 Å². The van der Waals surface area contributed by atoms with Gasteiger partial charge in [-0.3, -0.25) is 4.79 Å². The van der Waals surface area contributed by atoms with E-state index in [2.05, 4.69) is 5.32 Å². The van der Waals surface area contributed by atoms with Gasteiger partial charge in [-0.15, -0.1) is 0 Å². The van der Waals surface area contributed by atoms with Crippen LogP contribution in [0.2, 0.25) is 0 Å². The molecule has 3 N–H and O–H groups in total. The van der Waals surface area contributed by atoms with Crippen molar-refractivity contribution < 1.29 is 14.3 Å². The molecule has 1 aliphatic heterocycles. The minimum atomic E-state index is -0.825. The molecular formula is C12H16N2O3. The lowest BCUT2D eigenvalue weighted by Gasteiger charge is -2.27. The van der Waals surface area contributed by atoms with Gasteiger partial charge in [0.2, 0.25) is 5.91 Å². The van der Waals surface area contributed by atoms with E-state index in [0.29, 0.717) is 25.4 Å². The number of carbonyl (C=O) groups excluding carboxylic acids is 1. The Bertz CT molecular complexity index is 414. The summed E-state index contributed by atoms with van der Waals surface area (Å²) in [6, 6.07) is 7.41. The highest BCUT2D eigenvalue weighted by Crippen LogP contribution is 2.30. The SMILES string of the molecule is COc1ccccc1NC1(C(N)=O)CCOC1.